The second-order valence-corrected chi connectivity index (χ2v) is 9.36. The van der Waals surface area contributed by atoms with Crippen LogP contribution < -0.4 is 10.6 Å². The van der Waals surface area contributed by atoms with Crippen molar-refractivity contribution in [1.29, 1.82) is 0 Å². The van der Waals surface area contributed by atoms with Crippen molar-refractivity contribution in [3.63, 3.8) is 0 Å². The number of nitrogens with zero attached hydrogens (tertiary/aromatic N) is 2. The molecule has 0 atom stereocenters. The summed E-state index contributed by atoms with van der Waals surface area (Å²) < 4.78 is 5.40. The number of amides is 3. The number of carbonyl (C=O) groups excluding carboxylic acids is 3. The van der Waals surface area contributed by atoms with Crippen molar-refractivity contribution in [2.75, 3.05) is 18.4 Å². The van der Waals surface area contributed by atoms with Gasteiger partial charge in [0, 0.05) is 19.1 Å². The first kappa shape index (κ1) is 28.2. The standard InChI is InChI=1S/C23H30ClN5O4.C2H6/c1-5-14-7-6-8-16(24)18(14)20(30)27-17-13-25-28-19(17)21(31)26-15-9-11-29(12-10-15)22(32)33-23(2,3)4;1-2/h6-8,13,15H,5,9-12H2,1-4H3,(H,25,28)(H,26,31)(H,27,30);1-2H3. The second kappa shape index (κ2) is 12.6. The first-order chi connectivity index (χ1) is 16.6. The molecule has 0 radical (unpaired) electrons. The van der Waals surface area contributed by atoms with E-state index in [1.165, 1.54) is 6.20 Å². The fraction of sp³-hybridized carbons (Fsp3) is 0.520. The van der Waals surface area contributed by atoms with Crippen LogP contribution in [0.25, 0.3) is 0 Å². The van der Waals surface area contributed by atoms with Gasteiger partial charge in [-0.3, -0.25) is 14.7 Å². The topological polar surface area (TPSA) is 116 Å². The molecule has 35 heavy (non-hydrogen) atoms. The SMILES string of the molecule is CC.CCc1cccc(Cl)c1C(=O)Nc1cn[nH]c1C(=O)NC1CCN(C(=O)OC(C)(C)C)CC1. The van der Waals surface area contributed by atoms with Crippen molar-refractivity contribution in [2.45, 2.75) is 72.4 Å². The Labute approximate surface area is 211 Å². The molecule has 0 unspecified atom stereocenters. The summed E-state index contributed by atoms with van der Waals surface area (Å²) in [5.74, 6) is -0.785. The zero-order chi connectivity index (χ0) is 26.2. The number of benzene rings is 1. The Balaban J connectivity index is 0.00000210. The number of hydrogen-bond acceptors (Lipinski definition) is 5. The van der Waals surface area contributed by atoms with Crippen molar-refractivity contribution >= 4 is 35.2 Å². The van der Waals surface area contributed by atoms with Crippen molar-refractivity contribution in [3.8, 4) is 0 Å². The van der Waals surface area contributed by atoms with Gasteiger partial charge in [-0.05, 0) is 51.7 Å². The number of rotatable bonds is 5. The van der Waals surface area contributed by atoms with Crippen LogP contribution in [0.15, 0.2) is 24.4 Å². The van der Waals surface area contributed by atoms with E-state index in [9.17, 15) is 14.4 Å². The molecule has 3 N–H and O–H groups in total. The molecule has 3 amide bonds. The minimum Gasteiger partial charge on any atom is -0.444 e. The van der Waals surface area contributed by atoms with Gasteiger partial charge in [-0.25, -0.2) is 4.79 Å². The number of aromatic nitrogens is 2. The number of ether oxygens (including phenoxy) is 1. The summed E-state index contributed by atoms with van der Waals surface area (Å²) in [6, 6.07) is 5.18. The number of anilines is 1. The number of aryl methyl sites for hydroxylation is 1. The molecule has 0 aliphatic carbocycles. The highest BCUT2D eigenvalue weighted by molar-refractivity contribution is 6.34. The number of hydrogen-bond donors (Lipinski definition) is 3. The number of likely N-dealkylation sites (tertiary alicyclic amines) is 1. The van der Waals surface area contributed by atoms with Crippen LogP contribution in [-0.2, 0) is 11.2 Å². The van der Waals surface area contributed by atoms with Gasteiger partial charge in [0.15, 0.2) is 0 Å². The van der Waals surface area contributed by atoms with Gasteiger partial charge < -0.3 is 20.3 Å². The Morgan fingerprint density at radius 1 is 1.17 bits per heavy atom. The van der Waals surface area contributed by atoms with Gasteiger partial charge in [0.1, 0.15) is 11.3 Å². The van der Waals surface area contributed by atoms with E-state index in [1.807, 2.05) is 47.6 Å². The van der Waals surface area contributed by atoms with Gasteiger partial charge in [-0.15, -0.1) is 0 Å². The van der Waals surface area contributed by atoms with Crippen LogP contribution in [0, 0.1) is 0 Å². The van der Waals surface area contributed by atoms with Crippen molar-refractivity contribution in [3.05, 3.63) is 46.2 Å². The fourth-order valence-electron chi connectivity index (χ4n) is 3.65. The Morgan fingerprint density at radius 3 is 2.43 bits per heavy atom. The second-order valence-electron chi connectivity index (χ2n) is 8.96. The van der Waals surface area contributed by atoms with Gasteiger partial charge in [0.05, 0.1) is 22.5 Å². The van der Waals surface area contributed by atoms with Crippen molar-refractivity contribution in [1.82, 2.24) is 20.4 Å². The van der Waals surface area contributed by atoms with Gasteiger partial charge in [-0.1, -0.05) is 44.5 Å². The molecule has 1 aliphatic heterocycles. The first-order valence-electron chi connectivity index (χ1n) is 12.0. The van der Waals surface area contributed by atoms with Crippen LogP contribution in [0.4, 0.5) is 10.5 Å². The maximum Gasteiger partial charge on any atom is 0.410 e. The third kappa shape index (κ3) is 7.71. The minimum absolute atomic E-state index is 0.113. The van der Waals surface area contributed by atoms with E-state index in [2.05, 4.69) is 20.8 Å². The summed E-state index contributed by atoms with van der Waals surface area (Å²) in [7, 11) is 0. The molecule has 0 bridgehead atoms. The van der Waals surface area contributed by atoms with Gasteiger partial charge in [0.2, 0.25) is 0 Å². The van der Waals surface area contributed by atoms with Gasteiger partial charge in [0.25, 0.3) is 11.8 Å². The molecule has 1 aliphatic rings. The molecular formula is C25H36ClN5O4. The van der Waals surface area contributed by atoms with Crippen molar-refractivity contribution in [2.24, 2.45) is 0 Å². The highest BCUT2D eigenvalue weighted by atomic mass is 35.5. The smallest absolute Gasteiger partial charge is 0.410 e. The number of carbonyl (C=O) groups is 3. The molecule has 1 fully saturated rings. The maximum absolute atomic E-state index is 12.9. The molecular weight excluding hydrogens is 470 g/mol. The first-order valence-corrected chi connectivity index (χ1v) is 12.4. The Bertz CT molecular complexity index is 1020. The molecule has 1 saturated heterocycles. The molecule has 3 rings (SSSR count). The predicted molar refractivity (Wildman–Crippen MR) is 137 cm³/mol. The highest BCUT2D eigenvalue weighted by Gasteiger charge is 2.28. The average Bonchev–Trinajstić information content (AvgIpc) is 3.27. The number of halogens is 1. The zero-order valence-electron chi connectivity index (χ0n) is 21.3. The summed E-state index contributed by atoms with van der Waals surface area (Å²) in [6.45, 7) is 12.4. The molecule has 9 nitrogen and oxygen atoms in total. The van der Waals surface area contributed by atoms with E-state index >= 15 is 0 Å². The number of H-pyrrole nitrogens is 1. The van der Waals surface area contributed by atoms with E-state index in [-0.39, 0.29) is 29.4 Å². The number of nitrogens with one attached hydrogen (secondary N) is 3. The van der Waals surface area contributed by atoms with E-state index in [0.717, 1.165) is 5.56 Å². The molecule has 0 saturated carbocycles. The molecule has 1 aromatic heterocycles. The van der Waals surface area contributed by atoms with E-state index < -0.39 is 11.5 Å². The van der Waals surface area contributed by atoms with E-state index in [1.54, 1.807) is 17.0 Å². The largest absolute Gasteiger partial charge is 0.444 e. The van der Waals surface area contributed by atoms with Crippen LogP contribution in [0.2, 0.25) is 5.02 Å². The highest BCUT2D eigenvalue weighted by Crippen LogP contribution is 2.23. The summed E-state index contributed by atoms with van der Waals surface area (Å²) in [5, 5.41) is 12.6. The van der Waals surface area contributed by atoms with Crippen LogP contribution >= 0.6 is 11.6 Å². The Kier molecular flexibility index (Phi) is 10.1. The Morgan fingerprint density at radius 2 is 1.83 bits per heavy atom. The van der Waals surface area contributed by atoms with Crippen LogP contribution in [0.5, 0.6) is 0 Å². The number of piperidine rings is 1. The molecule has 10 heteroatoms. The third-order valence-electron chi connectivity index (χ3n) is 5.30. The lowest BCUT2D eigenvalue weighted by atomic mass is 10.0. The van der Waals surface area contributed by atoms with E-state index in [4.69, 9.17) is 16.3 Å². The van der Waals surface area contributed by atoms with Crippen LogP contribution in [0.3, 0.4) is 0 Å². The summed E-state index contributed by atoms with van der Waals surface area (Å²) in [5.41, 5.74) is 1.06. The predicted octanol–water partition coefficient (Wildman–Crippen LogP) is 5.03. The Hall–Kier alpha value is -3.07. The quantitative estimate of drug-likeness (QED) is 0.526. The van der Waals surface area contributed by atoms with Crippen LogP contribution in [-0.4, -0.2) is 57.7 Å². The summed E-state index contributed by atoms with van der Waals surface area (Å²) in [4.78, 5) is 39.6. The van der Waals surface area contributed by atoms with Gasteiger partial charge in [-0.2, -0.15) is 5.10 Å². The summed E-state index contributed by atoms with van der Waals surface area (Å²) in [6.07, 6.45) is 2.88. The normalized spacial score (nSPS) is 14.0. The average molecular weight is 506 g/mol. The van der Waals surface area contributed by atoms with Crippen LogP contribution in [0.1, 0.15) is 80.8 Å². The monoisotopic (exact) mass is 505 g/mol. The molecule has 192 valence electrons. The molecule has 1 aromatic carbocycles. The zero-order valence-corrected chi connectivity index (χ0v) is 22.1. The van der Waals surface area contributed by atoms with E-state index in [0.29, 0.717) is 42.9 Å². The van der Waals surface area contributed by atoms with Gasteiger partial charge >= 0.3 is 6.09 Å². The maximum atomic E-state index is 12.9. The lowest BCUT2D eigenvalue weighted by Gasteiger charge is -2.33. The molecule has 2 heterocycles. The van der Waals surface area contributed by atoms with Crippen molar-refractivity contribution < 1.29 is 19.1 Å². The lowest BCUT2D eigenvalue weighted by Crippen LogP contribution is -2.47. The third-order valence-corrected chi connectivity index (χ3v) is 5.62. The fourth-order valence-corrected chi connectivity index (χ4v) is 3.93. The number of aromatic amines is 1. The molecule has 2 aromatic rings. The summed E-state index contributed by atoms with van der Waals surface area (Å²) >= 11 is 6.24. The lowest BCUT2D eigenvalue weighted by molar-refractivity contribution is 0.0199. The molecule has 0 spiro atoms. The minimum atomic E-state index is -0.550.